The van der Waals surface area contributed by atoms with Gasteiger partial charge in [-0.1, -0.05) is 29.8 Å². The predicted octanol–water partition coefficient (Wildman–Crippen LogP) is 3.65. The van der Waals surface area contributed by atoms with E-state index in [1.165, 1.54) is 25.1 Å². The van der Waals surface area contributed by atoms with Crippen LogP contribution in [0.25, 0.3) is 0 Å². The van der Waals surface area contributed by atoms with Gasteiger partial charge >= 0.3 is 12.1 Å². The molecule has 0 spiro atoms. The molecule has 27 heavy (non-hydrogen) atoms. The molecule has 0 radical (unpaired) electrons. The Morgan fingerprint density at radius 1 is 1.15 bits per heavy atom. The molecule has 0 aliphatic rings. The fraction of sp³-hybridized carbons (Fsp3) is 0.211. The van der Waals surface area contributed by atoms with Crippen molar-refractivity contribution in [3.63, 3.8) is 0 Å². The first-order valence-corrected chi connectivity index (χ1v) is 8.35. The van der Waals surface area contributed by atoms with Crippen LogP contribution in [0.15, 0.2) is 42.5 Å². The molecule has 0 atom stereocenters. The van der Waals surface area contributed by atoms with Crippen molar-refractivity contribution in [3.05, 3.63) is 58.6 Å². The number of esters is 1. The van der Waals surface area contributed by atoms with E-state index < -0.39 is 24.6 Å². The molecule has 0 aliphatic heterocycles. The van der Waals surface area contributed by atoms with Crippen molar-refractivity contribution >= 4 is 40.9 Å². The Bertz CT molecular complexity index is 869. The quantitative estimate of drug-likeness (QED) is 0.788. The molecule has 1 N–H and O–H groups in total. The fourth-order valence-electron chi connectivity index (χ4n) is 2.29. The van der Waals surface area contributed by atoms with Crippen LogP contribution in [0.2, 0.25) is 5.02 Å². The van der Waals surface area contributed by atoms with Gasteiger partial charge in [0.15, 0.2) is 6.61 Å². The number of carbonyl (C=O) groups excluding carboxylic acids is 3. The first kappa shape index (κ1) is 20.3. The number of hydrogen-bond acceptors (Lipinski definition) is 5. The van der Waals surface area contributed by atoms with Gasteiger partial charge in [-0.05, 0) is 36.8 Å². The maximum absolute atomic E-state index is 12.3. The minimum Gasteiger partial charge on any atom is -0.452 e. The van der Waals surface area contributed by atoms with Crippen LogP contribution in [0, 0.1) is 6.92 Å². The molecule has 0 bridgehead atoms. The van der Waals surface area contributed by atoms with Crippen LogP contribution >= 0.6 is 11.6 Å². The number of benzene rings is 2. The molecule has 0 unspecified atom stereocenters. The number of nitrogens with one attached hydrogen (secondary N) is 1. The summed E-state index contributed by atoms with van der Waals surface area (Å²) in [6, 6.07) is 11.5. The zero-order chi connectivity index (χ0) is 20.0. The van der Waals surface area contributed by atoms with Gasteiger partial charge in [-0.15, -0.1) is 0 Å². The van der Waals surface area contributed by atoms with Crippen LogP contribution in [0.1, 0.15) is 15.9 Å². The number of rotatable bonds is 5. The molecular weight excluding hydrogens is 372 g/mol. The zero-order valence-corrected chi connectivity index (χ0v) is 15.9. The minimum absolute atomic E-state index is 0.131. The molecule has 2 amide bonds. The van der Waals surface area contributed by atoms with Gasteiger partial charge in [-0.25, -0.2) is 9.59 Å². The van der Waals surface area contributed by atoms with Gasteiger partial charge in [0.1, 0.15) is 0 Å². The molecule has 0 saturated heterocycles. The number of nitrogens with zero attached hydrogens (tertiary/aromatic N) is 1. The second-order valence-electron chi connectivity index (χ2n) is 5.65. The third-order valence-electron chi connectivity index (χ3n) is 3.67. The van der Waals surface area contributed by atoms with E-state index in [9.17, 15) is 14.4 Å². The molecule has 2 rings (SSSR count). The fourth-order valence-corrected chi connectivity index (χ4v) is 2.57. The number of halogens is 1. The van der Waals surface area contributed by atoms with E-state index in [0.29, 0.717) is 16.4 Å². The Morgan fingerprint density at radius 3 is 2.52 bits per heavy atom. The van der Waals surface area contributed by atoms with E-state index in [0.717, 1.165) is 5.56 Å². The number of ether oxygens (including phenoxy) is 2. The standard InChI is InChI=1S/C19H19ClN2O5/c1-12-8-9-15(14(20)10-12)21-17(23)11-27-18(24)13-6-4-5-7-16(13)22(2)19(25)26-3/h4-10H,11H2,1-3H3,(H,21,23). The highest BCUT2D eigenvalue weighted by Gasteiger charge is 2.20. The molecule has 0 heterocycles. The molecular formula is C19H19ClN2O5. The summed E-state index contributed by atoms with van der Waals surface area (Å²) in [7, 11) is 2.70. The Morgan fingerprint density at radius 2 is 1.85 bits per heavy atom. The van der Waals surface area contributed by atoms with E-state index in [-0.39, 0.29) is 5.56 Å². The monoisotopic (exact) mass is 390 g/mol. The average molecular weight is 391 g/mol. The maximum atomic E-state index is 12.3. The van der Waals surface area contributed by atoms with Crippen molar-refractivity contribution < 1.29 is 23.9 Å². The average Bonchev–Trinajstić information content (AvgIpc) is 2.67. The summed E-state index contributed by atoms with van der Waals surface area (Å²) >= 11 is 6.06. The highest BCUT2D eigenvalue weighted by molar-refractivity contribution is 6.33. The molecule has 142 valence electrons. The lowest BCUT2D eigenvalue weighted by Crippen LogP contribution is -2.28. The summed E-state index contributed by atoms with van der Waals surface area (Å²) in [5, 5.41) is 2.96. The summed E-state index contributed by atoms with van der Waals surface area (Å²) in [5.74, 6) is -1.28. The molecule has 0 aromatic heterocycles. The molecule has 2 aromatic carbocycles. The van der Waals surface area contributed by atoms with Crippen LogP contribution < -0.4 is 10.2 Å². The molecule has 0 fully saturated rings. The highest BCUT2D eigenvalue weighted by Crippen LogP contribution is 2.23. The van der Waals surface area contributed by atoms with Gasteiger partial charge in [0.25, 0.3) is 5.91 Å². The van der Waals surface area contributed by atoms with Crippen LogP contribution in [0.3, 0.4) is 0 Å². The van der Waals surface area contributed by atoms with E-state index in [1.807, 2.05) is 6.92 Å². The lowest BCUT2D eigenvalue weighted by Gasteiger charge is -2.18. The first-order chi connectivity index (χ1) is 12.8. The van der Waals surface area contributed by atoms with Crippen molar-refractivity contribution in [2.75, 3.05) is 31.0 Å². The van der Waals surface area contributed by atoms with E-state index in [1.54, 1.807) is 36.4 Å². The summed E-state index contributed by atoms with van der Waals surface area (Å²) in [6.07, 6.45) is -0.637. The lowest BCUT2D eigenvalue weighted by atomic mass is 10.1. The van der Waals surface area contributed by atoms with Crippen molar-refractivity contribution in [2.45, 2.75) is 6.92 Å². The van der Waals surface area contributed by atoms with Crippen molar-refractivity contribution in [2.24, 2.45) is 0 Å². The van der Waals surface area contributed by atoms with Gasteiger partial charge in [0.05, 0.1) is 29.1 Å². The summed E-state index contributed by atoms with van der Waals surface area (Å²) in [6.45, 7) is 1.38. The number of anilines is 2. The summed E-state index contributed by atoms with van der Waals surface area (Å²) < 4.78 is 9.70. The third-order valence-corrected chi connectivity index (χ3v) is 3.98. The number of aryl methyl sites for hydroxylation is 1. The lowest BCUT2D eigenvalue weighted by molar-refractivity contribution is -0.119. The topological polar surface area (TPSA) is 84.9 Å². The second-order valence-corrected chi connectivity index (χ2v) is 6.06. The summed E-state index contributed by atoms with van der Waals surface area (Å²) in [4.78, 5) is 37.2. The maximum Gasteiger partial charge on any atom is 0.413 e. The molecule has 2 aromatic rings. The number of hydrogen-bond donors (Lipinski definition) is 1. The smallest absolute Gasteiger partial charge is 0.413 e. The highest BCUT2D eigenvalue weighted by atomic mass is 35.5. The van der Waals surface area contributed by atoms with Gasteiger partial charge in [0.2, 0.25) is 0 Å². The van der Waals surface area contributed by atoms with Crippen LogP contribution in [-0.4, -0.2) is 38.7 Å². The Kier molecular flexibility index (Phi) is 6.79. The Hall–Kier alpha value is -3.06. The van der Waals surface area contributed by atoms with Gasteiger partial charge in [0, 0.05) is 7.05 Å². The van der Waals surface area contributed by atoms with Crippen molar-refractivity contribution in [3.8, 4) is 0 Å². The number of carbonyl (C=O) groups is 3. The SMILES string of the molecule is COC(=O)N(C)c1ccccc1C(=O)OCC(=O)Nc1ccc(C)cc1Cl. The minimum atomic E-state index is -0.744. The largest absolute Gasteiger partial charge is 0.452 e. The summed E-state index contributed by atoms with van der Waals surface area (Å²) in [5.41, 5.74) is 1.81. The van der Waals surface area contributed by atoms with Gasteiger partial charge in [-0.3, -0.25) is 9.69 Å². The Balaban J connectivity index is 2.03. The number of para-hydroxylation sites is 1. The van der Waals surface area contributed by atoms with Gasteiger partial charge < -0.3 is 14.8 Å². The van der Waals surface area contributed by atoms with Crippen LogP contribution in [0.5, 0.6) is 0 Å². The number of methoxy groups -OCH3 is 1. The van der Waals surface area contributed by atoms with E-state index in [4.69, 9.17) is 16.3 Å². The number of amides is 2. The normalized spacial score (nSPS) is 10.1. The molecule has 0 aliphatic carbocycles. The molecule has 7 nitrogen and oxygen atoms in total. The third kappa shape index (κ3) is 5.21. The Labute approximate surface area is 161 Å². The van der Waals surface area contributed by atoms with Crippen LogP contribution in [0.4, 0.5) is 16.2 Å². The van der Waals surface area contributed by atoms with Crippen LogP contribution in [-0.2, 0) is 14.3 Å². The second kappa shape index (κ2) is 9.05. The van der Waals surface area contributed by atoms with Crippen molar-refractivity contribution in [1.29, 1.82) is 0 Å². The van der Waals surface area contributed by atoms with Gasteiger partial charge in [-0.2, -0.15) is 0 Å². The van der Waals surface area contributed by atoms with E-state index >= 15 is 0 Å². The zero-order valence-electron chi connectivity index (χ0n) is 15.1. The van der Waals surface area contributed by atoms with Crippen molar-refractivity contribution in [1.82, 2.24) is 0 Å². The predicted molar refractivity (Wildman–Crippen MR) is 102 cm³/mol. The molecule has 0 saturated carbocycles. The van der Waals surface area contributed by atoms with E-state index in [2.05, 4.69) is 10.1 Å². The molecule has 8 heteroatoms. The first-order valence-electron chi connectivity index (χ1n) is 7.97.